The first kappa shape index (κ1) is 13.4. The minimum Gasteiger partial charge on any atom is -0.336 e. The molecular weight excluding hydrogens is 264 g/mol. The van der Waals surface area contributed by atoms with Crippen LogP contribution < -0.4 is 10.2 Å². The summed E-state index contributed by atoms with van der Waals surface area (Å²) < 4.78 is 0. The van der Waals surface area contributed by atoms with Crippen molar-refractivity contribution in [1.82, 2.24) is 5.32 Å². The summed E-state index contributed by atoms with van der Waals surface area (Å²) in [5.74, 6) is -0.328. The molecule has 1 aliphatic rings. The molecular formula is C17H16N2O2. The van der Waals surface area contributed by atoms with Gasteiger partial charge in [-0.15, -0.1) is 0 Å². The van der Waals surface area contributed by atoms with E-state index >= 15 is 0 Å². The standard InChI is InChI=1S/C17H16N2O2/c1-2-19-14-11-7-6-10-13(14)16(20)18-15(17(19)21)12-8-4-3-5-9-12/h3-11,15H,2H2,1H3,(H,18,20). The van der Waals surface area contributed by atoms with Gasteiger partial charge in [-0.1, -0.05) is 42.5 Å². The van der Waals surface area contributed by atoms with Gasteiger partial charge in [0.1, 0.15) is 6.04 Å². The number of rotatable bonds is 2. The predicted molar refractivity (Wildman–Crippen MR) is 81.1 cm³/mol. The van der Waals surface area contributed by atoms with Crippen LogP contribution in [0.25, 0.3) is 0 Å². The number of amides is 2. The van der Waals surface area contributed by atoms with Crippen molar-refractivity contribution in [3.8, 4) is 0 Å². The average Bonchev–Trinajstić information content (AvgIpc) is 2.64. The second-order valence-electron chi connectivity index (χ2n) is 4.92. The van der Waals surface area contributed by atoms with Crippen molar-refractivity contribution in [1.29, 1.82) is 0 Å². The molecule has 1 heterocycles. The Kier molecular flexibility index (Phi) is 3.44. The molecule has 2 amide bonds. The van der Waals surface area contributed by atoms with Gasteiger partial charge in [-0.05, 0) is 24.6 Å². The number of fused-ring (bicyclic) bond motifs is 1. The molecule has 0 fully saturated rings. The summed E-state index contributed by atoms with van der Waals surface area (Å²) in [5, 5.41) is 2.84. The van der Waals surface area contributed by atoms with Crippen LogP contribution in [0.4, 0.5) is 5.69 Å². The van der Waals surface area contributed by atoms with E-state index < -0.39 is 6.04 Å². The van der Waals surface area contributed by atoms with Gasteiger partial charge in [0.05, 0.1) is 11.3 Å². The van der Waals surface area contributed by atoms with Crippen molar-refractivity contribution in [3.05, 3.63) is 65.7 Å². The van der Waals surface area contributed by atoms with E-state index in [-0.39, 0.29) is 11.8 Å². The second-order valence-corrected chi connectivity index (χ2v) is 4.92. The number of benzene rings is 2. The third-order valence-corrected chi connectivity index (χ3v) is 3.68. The Balaban J connectivity index is 2.10. The van der Waals surface area contributed by atoms with Crippen LogP contribution in [0.5, 0.6) is 0 Å². The summed E-state index contributed by atoms with van der Waals surface area (Å²) in [6, 6.07) is 15.9. The van der Waals surface area contributed by atoms with E-state index in [1.165, 1.54) is 0 Å². The van der Waals surface area contributed by atoms with Crippen LogP contribution in [0.1, 0.15) is 28.9 Å². The molecule has 21 heavy (non-hydrogen) atoms. The number of carbonyl (C=O) groups excluding carboxylic acids is 2. The zero-order chi connectivity index (χ0) is 14.8. The lowest BCUT2D eigenvalue weighted by molar-refractivity contribution is -0.120. The van der Waals surface area contributed by atoms with E-state index in [4.69, 9.17) is 0 Å². The maximum absolute atomic E-state index is 12.8. The highest BCUT2D eigenvalue weighted by Gasteiger charge is 2.33. The van der Waals surface area contributed by atoms with Crippen molar-refractivity contribution in [3.63, 3.8) is 0 Å². The molecule has 1 N–H and O–H groups in total. The molecule has 2 aromatic carbocycles. The molecule has 0 spiro atoms. The van der Waals surface area contributed by atoms with Crippen LogP contribution in [0, 0.1) is 0 Å². The fourth-order valence-corrected chi connectivity index (χ4v) is 2.64. The molecule has 3 rings (SSSR count). The second kappa shape index (κ2) is 5.40. The lowest BCUT2D eigenvalue weighted by Gasteiger charge is -2.24. The Labute approximate surface area is 123 Å². The van der Waals surface area contributed by atoms with Gasteiger partial charge >= 0.3 is 0 Å². The van der Waals surface area contributed by atoms with Crippen LogP contribution >= 0.6 is 0 Å². The Bertz CT molecular complexity index is 682. The van der Waals surface area contributed by atoms with Crippen molar-refractivity contribution in [2.75, 3.05) is 11.4 Å². The van der Waals surface area contributed by atoms with Crippen molar-refractivity contribution in [2.24, 2.45) is 0 Å². The summed E-state index contributed by atoms with van der Waals surface area (Å²) >= 11 is 0. The number of nitrogens with one attached hydrogen (secondary N) is 1. The maximum Gasteiger partial charge on any atom is 0.254 e. The molecule has 1 aliphatic heterocycles. The van der Waals surface area contributed by atoms with Crippen LogP contribution in [-0.2, 0) is 4.79 Å². The summed E-state index contributed by atoms with van der Waals surface area (Å²) in [5.41, 5.74) is 1.99. The lowest BCUT2D eigenvalue weighted by Crippen LogP contribution is -2.39. The Morgan fingerprint density at radius 1 is 1.00 bits per heavy atom. The first-order chi connectivity index (χ1) is 10.2. The lowest BCUT2D eigenvalue weighted by atomic mass is 10.1. The topological polar surface area (TPSA) is 49.4 Å². The number of hydrogen-bond acceptors (Lipinski definition) is 2. The van der Waals surface area contributed by atoms with Crippen LogP contribution in [0.3, 0.4) is 0 Å². The van der Waals surface area contributed by atoms with Crippen molar-refractivity contribution < 1.29 is 9.59 Å². The van der Waals surface area contributed by atoms with Crippen molar-refractivity contribution >= 4 is 17.5 Å². The number of carbonyl (C=O) groups is 2. The Hall–Kier alpha value is -2.62. The zero-order valence-corrected chi connectivity index (χ0v) is 11.7. The monoisotopic (exact) mass is 280 g/mol. The van der Waals surface area contributed by atoms with E-state index in [2.05, 4.69) is 5.32 Å². The molecule has 0 radical (unpaired) electrons. The fourth-order valence-electron chi connectivity index (χ4n) is 2.64. The third kappa shape index (κ3) is 2.29. The summed E-state index contributed by atoms with van der Waals surface area (Å²) in [4.78, 5) is 26.9. The summed E-state index contributed by atoms with van der Waals surface area (Å²) in [7, 11) is 0. The van der Waals surface area contributed by atoms with E-state index in [9.17, 15) is 9.59 Å². The van der Waals surface area contributed by atoms with E-state index in [0.717, 1.165) is 5.56 Å². The molecule has 0 bridgehead atoms. The molecule has 4 heteroatoms. The number of nitrogens with zero attached hydrogens (tertiary/aromatic N) is 1. The van der Waals surface area contributed by atoms with Gasteiger partial charge in [0.15, 0.2) is 0 Å². The van der Waals surface area contributed by atoms with Gasteiger partial charge in [-0.2, -0.15) is 0 Å². The molecule has 106 valence electrons. The minimum atomic E-state index is -0.647. The van der Waals surface area contributed by atoms with Crippen LogP contribution in [0.15, 0.2) is 54.6 Å². The fraction of sp³-hybridized carbons (Fsp3) is 0.176. The van der Waals surface area contributed by atoms with Gasteiger partial charge in [0, 0.05) is 6.54 Å². The van der Waals surface area contributed by atoms with Gasteiger partial charge in [-0.25, -0.2) is 0 Å². The molecule has 0 aromatic heterocycles. The molecule has 0 saturated heterocycles. The van der Waals surface area contributed by atoms with Crippen LogP contribution in [0.2, 0.25) is 0 Å². The number of para-hydroxylation sites is 1. The third-order valence-electron chi connectivity index (χ3n) is 3.68. The van der Waals surface area contributed by atoms with E-state index in [0.29, 0.717) is 17.8 Å². The number of likely N-dealkylation sites (N-methyl/N-ethyl adjacent to an activating group) is 1. The SMILES string of the molecule is CCN1C(=O)C(c2ccccc2)NC(=O)c2ccccc21. The Morgan fingerprint density at radius 3 is 2.38 bits per heavy atom. The summed E-state index contributed by atoms with van der Waals surface area (Å²) in [6.07, 6.45) is 0. The van der Waals surface area contributed by atoms with Gasteiger partial charge in [0.2, 0.25) is 0 Å². The zero-order valence-electron chi connectivity index (χ0n) is 11.7. The first-order valence-electron chi connectivity index (χ1n) is 6.98. The highest BCUT2D eigenvalue weighted by atomic mass is 16.2. The Morgan fingerprint density at radius 2 is 1.67 bits per heavy atom. The quantitative estimate of drug-likeness (QED) is 0.919. The molecule has 0 aliphatic carbocycles. The highest BCUT2D eigenvalue weighted by molar-refractivity contribution is 6.11. The smallest absolute Gasteiger partial charge is 0.254 e. The van der Waals surface area contributed by atoms with Gasteiger partial charge < -0.3 is 10.2 Å². The molecule has 2 aromatic rings. The van der Waals surface area contributed by atoms with E-state index in [1.54, 1.807) is 17.0 Å². The highest BCUT2D eigenvalue weighted by Crippen LogP contribution is 2.28. The van der Waals surface area contributed by atoms with Gasteiger partial charge in [0.25, 0.3) is 11.8 Å². The number of hydrogen-bond donors (Lipinski definition) is 1. The van der Waals surface area contributed by atoms with Gasteiger partial charge in [-0.3, -0.25) is 9.59 Å². The molecule has 0 saturated carbocycles. The van der Waals surface area contributed by atoms with E-state index in [1.807, 2.05) is 49.4 Å². The predicted octanol–water partition coefficient (Wildman–Crippen LogP) is 2.52. The first-order valence-corrected chi connectivity index (χ1v) is 6.98. The molecule has 1 atom stereocenters. The largest absolute Gasteiger partial charge is 0.336 e. The number of anilines is 1. The van der Waals surface area contributed by atoms with Crippen LogP contribution in [-0.4, -0.2) is 18.4 Å². The molecule has 4 nitrogen and oxygen atoms in total. The normalized spacial score (nSPS) is 18.0. The average molecular weight is 280 g/mol. The minimum absolute atomic E-state index is 0.109. The maximum atomic E-state index is 12.8. The molecule has 1 unspecified atom stereocenters. The van der Waals surface area contributed by atoms with Crippen molar-refractivity contribution in [2.45, 2.75) is 13.0 Å². The summed E-state index contributed by atoms with van der Waals surface area (Å²) in [6.45, 7) is 2.43.